The third-order valence-corrected chi connectivity index (χ3v) is 3.96. The van der Waals surface area contributed by atoms with Gasteiger partial charge in [-0.1, -0.05) is 35.9 Å². The minimum Gasteiger partial charge on any atom is -0.479 e. The summed E-state index contributed by atoms with van der Waals surface area (Å²) in [6.07, 6.45) is 0. The van der Waals surface area contributed by atoms with Crippen molar-refractivity contribution in [3.63, 3.8) is 0 Å². The molecule has 2 rings (SSSR count). The number of carboxylic acid groups (broad SMARTS) is 1. The Balaban J connectivity index is 2.01. The number of carboxylic acids is 1. The van der Waals surface area contributed by atoms with Crippen molar-refractivity contribution in [1.82, 2.24) is 10.6 Å². The number of rotatable bonds is 5. The molecule has 5 nitrogen and oxygen atoms in total. The van der Waals surface area contributed by atoms with Gasteiger partial charge in [0.2, 0.25) is 0 Å². The summed E-state index contributed by atoms with van der Waals surface area (Å²) in [4.78, 5) is 24.1. The average Bonchev–Trinajstić information content (AvgIpc) is 2.96. The first-order valence-electron chi connectivity index (χ1n) is 6.12. The second-order valence-electron chi connectivity index (χ2n) is 4.20. The smallest absolute Gasteiger partial charge is 0.331 e. The topological polar surface area (TPSA) is 78.4 Å². The van der Waals surface area contributed by atoms with Gasteiger partial charge in [-0.25, -0.2) is 9.59 Å². The Morgan fingerprint density at radius 1 is 1.24 bits per heavy atom. The number of amides is 2. The Morgan fingerprint density at radius 3 is 2.62 bits per heavy atom. The summed E-state index contributed by atoms with van der Waals surface area (Å²) in [6, 6.07) is 8.53. The first kappa shape index (κ1) is 15.3. The lowest BCUT2D eigenvalue weighted by atomic mass is 10.1. The van der Waals surface area contributed by atoms with Gasteiger partial charge in [0.1, 0.15) is 0 Å². The maximum atomic E-state index is 11.8. The molecule has 2 aromatic rings. The van der Waals surface area contributed by atoms with Gasteiger partial charge in [-0.3, -0.25) is 0 Å². The molecule has 0 unspecified atom stereocenters. The summed E-state index contributed by atoms with van der Waals surface area (Å²) in [7, 11) is 0. The highest BCUT2D eigenvalue weighted by Gasteiger charge is 2.23. The summed E-state index contributed by atoms with van der Waals surface area (Å²) >= 11 is 7.48. The van der Waals surface area contributed by atoms with E-state index in [4.69, 9.17) is 11.6 Å². The molecule has 0 saturated carbocycles. The van der Waals surface area contributed by atoms with Crippen molar-refractivity contribution in [3.8, 4) is 0 Å². The van der Waals surface area contributed by atoms with Crippen LogP contribution >= 0.6 is 22.9 Å². The van der Waals surface area contributed by atoms with Crippen LogP contribution in [0.1, 0.15) is 16.5 Å². The molecule has 0 aliphatic carbocycles. The van der Waals surface area contributed by atoms with Crippen molar-refractivity contribution in [2.24, 2.45) is 0 Å². The molecule has 0 saturated heterocycles. The molecular weight excluding hydrogens is 312 g/mol. The van der Waals surface area contributed by atoms with Gasteiger partial charge < -0.3 is 15.7 Å². The molecule has 110 valence electrons. The Hall–Kier alpha value is -2.05. The van der Waals surface area contributed by atoms with E-state index in [1.807, 2.05) is 17.5 Å². The maximum Gasteiger partial charge on any atom is 0.331 e. The fraction of sp³-hybridized carbons (Fsp3) is 0.143. The van der Waals surface area contributed by atoms with E-state index < -0.39 is 18.0 Å². The van der Waals surface area contributed by atoms with Gasteiger partial charge in [0.25, 0.3) is 0 Å². The van der Waals surface area contributed by atoms with Crippen LogP contribution in [-0.2, 0) is 11.3 Å². The second-order valence-corrected chi connectivity index (χ2v) is 5.64. The van der Waals surface area contributed by atoms with Gasteiger partial charge in [-0.15, -0.1) is 11.3 Å². The van der Waals surface area contributed by atoms with Crippen LogP contribution in [0.25, 0.3) is 0 Å². The lowest BCUT2D eigenvalue weighted by molar-refractivity contribution is -0.139. The molecule has 0 aliphatic heterocycles. The zero-order chi connectivity index (χ0) is 15.2. The average molecular weight is 325 g/mol. The van der Waals surface area contributed by atoms with Gasteiger partial charge in [0.15, 0.2) is 6.04 Å². The number of halogens is 1. The fourth-order valence-corrected chi connectivity index (χ4v) is 2.63. The number of nitrogens with one attached hydrogen (secondary N) is 2. The van der Waals surface area contributed by atoms with Crippen LogP contribution in [0, 0.1) is 0 Å². The van der Waals surface area contributed by atoms with Crippen molar-refractivity contribution >= 4 is 34.9 Å². The van der Waals surface area contributed by atoms with Crippen LogP contribution < -0.4 is 10.6 Å². The van der Waals surface area contributed by atoms with E-state index in [0.29, 0.717) is 17.1 Å². The highest BCUT2D eigenvalue weighted by Crippen LogP contribution is 2.22. The number of thiophene rings is 1. The first-order chi connectivity index (χ1) is 10.1. The maximum absolute atomic E-state index is 11.8. The molecule has 2 amide bonds. The fourth-order valence-electron chi connectivity index (χ4n) is 1.74. The van der Waals surface area contributed by atoms with Gasteiger partial charge >= 0.3 is 12.0 Å². The van der Waals surface area contributed by atoms with Gasteiger partial charge in [-0.05, 0) is 17.5 Å². The van der Waals surface area contributed by atoms with E-state index in [-0.39, 0.29) is 0 Å². The first-order valence-corrected chi connectivity index (χ1v) is 7.37. The van der Waals surface area contributed by atoms with Crippen molar-refractivity contribution in [2.45, 2.75) is 12.6 Å². The Bertz CT molecular complexity index is 631. The lowest BCUT2D eigenvalue weighted by Crippen LogP contribution is -2.40. The molecular formula is C14H13ClN2O3S. The third kappa shape index (κ3) is 4.21. The SMILES string of the molecule is O=C(NCc1cccs1)N[C@@H](C(=O)O)c1ccccc1Cl. The molecule has 0 fully saturated rings. The van der Waals surface area contributed by atoms with Crippen molar-refractivity contribution in [3.05, 3.63) is 57.2 Å². The van der Waals surface area contributed by atoms with Crippen molar-refractivity contribution in [1.29, 1.82) is 0 Å². The highest BCUT2D eigenvalue weighted by atomic mass is 35.5. The number of aliphatic carboxylic acids is 1. The van der Waals surface area contributed by atoms with Gasteiger partial charge in [0, 0.05) is 15.5 Å². The molecule has 0 aliphatic rings. The number of hydrogen-bond donors (Lipinski definition) is 3. The summed E-state index contributed by atoms with van der Waals surface area (Å²) in [5.41, 5.74) is 0.345. The van der Waals surface area contributed by atoms with Crippen LogP contribution in [0.2, 0.25) is 5.02 Å². The number of carbonyl (C=O) groups is 2. The number of benzene rings is 1. The monoisotopic (exact) mass is 324 g/mol. The van der Waals surface area contributed by atoms with E-state index >= 15 is 0 Å². The largest absolute Gasteiger partial charge is 0.479 e. The number of hydrogen-bond acceptors (Lipinski definition) is 3. The molecule has 1 heterocycles. The van der Waals surface area contributed by atoms with Gasteiger partial charge in [0.05, 0.1) is 6.54 Å². The predicted octanol–water partition coefficient (Wildman–Crippen LogP) is 3.03. The summed E-state index contributed by atoms with van der Waals surface area (Å²) in [6.45, 7) is 0.346. The van der Waals surface area contributed by atoms with E-state index in [1.54, 1.807) is 24.3 Å². The quantitative estimate of drug-likeness (QED) is 0.791. The molecule has 0 spiro atoms. The molecule has 0 radical (unpaired) electrons. The Kier molecular flexibility index (Phi) is 5.19. The molecule has 0 bridgehead atoms. The molecule has 3 N–H and O–H groups in total. The normalized spacial score (nSPS) is 11.7. The Labute approximate surface area is 130 Å². The molecule has 21 heavy (non-hydrogen) atoms. The standard InChI is InChI=1S/C14H13ClN2O3S/c15-11-6-2-1-5-10(11)12(13(18)19)17-14(20)16-8-9-4-3-7-21-9/h1-7,12H,8H2,(H,18,19)(H2,16,17,20)/t12-/m1/s1. The van der Waals surface area contributed by atoms with Crippen LogP contribution in [0.5, 0.6) is 0 Å². The second kappa shape index (κ2) is 7.10. The van der Waals surface area contributed by atoms with Crippen LogP contribution in [-0.4, -0.2) is 17.1 Å². The predicted molar refractivity (Wildman–Crippen MR) is 81.5 cm³/mol. The molecule has 1 aromatic carbocycles. The van der Waals surface area contributed by atoms with Crippen molar-refractivity contribution in [2.75, 3.05) is 0 Å². The van der Waals surface area contributed by atoms with Crippen LogP contribution in [0.3, 0.4) is 0 Å². The minimum absolute atomic E-state index is 0.295. The van der Waals surface area contributed by atoms with E-state index in [0.717, 1.165) is 4.88 Å². The third-order valence-electron chi connectivity index (χ3n) is 2.74. The Morgan fingerprint density at radius 2 is 2.00 bits per heavy atom. The molecule has 1 atom stereocenters. The minimum atomic E-state index is -1.19. The van der Waals surface area contributed by atoms with E-state index in [2.05, 4.69) is 10.6 Å². The van der Waals surface area contributed by atoms with E-state index in [1.165, 1.54) is 11.3 Å². The zero-order valence-electron chi connectivity index (χ0n) is 10.9. The highest BCUT2D eigenvalue weighted by molar-refractivity contribution is 7.09. The zero-order valence-corrected chi connectivity index (χ0v) is 12.4. The lowest BCUT2D eigenvalue weighted by Gasteiger charge is -2.16. The summed E-state index contributed by atoms with van der Waals surface area (Å²) < 4.78 is 0. The number of carbonyl (C=O) groups excluding carboxylic acids is 1. The van der Waals surface area contributed by atoms with E-state index in [9.17, 15) is 14.7 Å². The van der Waals surface area contributed by atoms with Crippen molar-refractivity contribution < 1.29 is 14.7 Å². The van der Waals surface area contributed by atoms with Gasteiger partial charge in [-0.2, -0.15) is 0 Å². The molecule has 7 heteroatoms. The summed E-state index contributed by atoms with van der Waals surface area (Å²) in [5, 5.41) is 16.5. The van der Waals surface area contributed by atoms with Crippen LogP contribution in [0.15, 0.2) is 41.8 Å². The number of urea groups is 1. The van der Waals surface area contributed by atoms with Crippen LogP contribution in [0.4, 0.5) is 4.79 Å². The molecule has 1 aromatic heterocycles. The summed E-state index contributed by atoms with van der Waals surface area (Å²) in [5.74, 6) is -1.17.